The molecule has 0 unspecified atom stereocenters. The van der Waals surface area contributed by atoms with Crippen molar-refractivity contribution in [2.24, 2.45) is 0 Å². The predicted octanol–water partition coefficient (Wildman–Crippen LogP) is 2.81. The number of nitrogens with one attached hydrogen (secondary N) is 1. The smallest absolute Gasteiger partial charge is 0.314 e. The summed E-state index contributed by atoms with van der Waals surface area (Å²) in [5, 5.41) is 3.14. The first kappa shape index (κ1) is 14.3. The number of nitrogens with zero attached hydrogens (tertiary/aromatic N) is 1. The minimum absolute atomic E-state index is 0.00870. The first-order valence-electron chi connectivity index (χ1n) is 6.21. The van der Waals surface area contributed by atoms with Crippen LogP contribution in [0.4, 0.5) is 17.6 Å². The lowest BCUT2D eigenvalue weighted by molar-refractivity contribution is -0.141. The summed E-state index contributed by atoms with van der Waals surface area (Å²) in [5.41, 5.74) is -1.13. The molecular weight excluding hydrogens is 260 g/mol. The van der Waals surface area contributed by atoms with Gasteiger partial charge in [0.2, 0.25) is 0 Å². The normalized spacial score (nSPS) is 19.4. The van der Waals surface area contributed by atoms with Gasteiger partial charge in [-0.05, 0) is 18.6 Å². The molecule has 1 aliphatic heterocycles. The maximum Gasteiger partial charge on any atom is 0.419 e. The van der Waals surface area contributed by atoms with E-state index in [9.17, 15) is 17.6 Å². The van der Waals surface area contributed by atoms with Gasteiger partial charge in [0.15, 0.2) is 0 Å². The van der Waals surface area contributed by atoms with E-state index in [0.29, 0.717) is 13.1 Å². The van der Waals surface area contributed by atoms with Gasteiger partial charge in [-0.15, -0.1) is 0 Å². The van der Waals surface area contributed by atoms with Crippen LogP contribution in [0.5, 0.6) is 0 Å². The maximum absolute atomic E-state index is 13.5. The predicted molar refractivity (Wildman–Crippen MR) is 64.3 cm³/mol. The summed E-state index contributed by atoms with van der Waals surface area (Å²) in [7, 11) is 0. The molecule has 1 aliphatic rings. The zero-order valence-electron chi connectivity index (χ0n) is 10.6. The van der Waals surface area contributed by atoms with Crippen molar-refractivity contribution in [1.29, 1.82) is 0 Å². The third-order valence-electron chi connectivity index (χ3n) is 3.48. The van der Waals surface area contributed by atoms with Gasteiger partial charge in [-0.1, -0.05) is 12.1 Å². The lowest BCUT2D eigenvalue weighted by Gasteiger charge is -2.34. The molecule has 0 saturated carbocycles. The molecule has 1 aromatic carbocycles. The third kappa shape index (κ3) is 3.06. The van der Waals surface area contributed by atoms with Crippen molar-refractivity contribution in [2.75, 3.05) is 26.2 Å². The highest BCUT2D eigenvalue weighted by molar-refractivity contribution is 5.33. The highest BCUT2D eigenvalue weighted by atomic mass is 19.4. The number of alkyl halides is 3. The molecule has 1 heterocycles. The number of piperazine rings is 1. The van der Waals surface area contributed by atoms with Crippen LogP contribution < -0.4 is 5.32 Å². The fraction of sp³-hybridized carbons (Fsp3) is 0.538. The SMILES string of the molecule is C[C@@H](c1cccc(F)c1C(F)(F)F)N1CCNCC1. The molecule has 0 bridgehead atoms. The van der Waals surface area contributed by atoms with Crippen LogP contribution in [0.25, 0.3) is 0 Å². The summed E-state index contributed by atoms with van der Waals surface area (Å²) in [6.45, 7) is 4.49. The Hall–Kier alpha value is -1.14. The molecule has 0 aliphatic carbocycles. The molecule has 2 rings (SSSR count). The van der Waals surface area contributed by atoms with Gasteiger partial charge < -0.3 is 5.32 Å². The van der Waals surface area contributed by atoms with E-state index in [4.69, 9.17) is 0 Å². The van der Waals surface area contributed by atoms with Crippen molar-refractivity contribution in [3.63, 3.8) is 0 Å². The topological polar surface area (TPSA) is 15.3 Å². The second-order valence-corrected chi connectivity index (χ2v) is 4.66. The van der Waals surface area contributed by atoms with Crippen LogP contribution >= 0.6 is 0 Å². The Kier molecular flexibility index (Phi) is 4.10. The Bertz CT molecular complexity index is 439. The number of halogens is 4. The maximum atomic E-state index is 13.5. The molecule has 1 atom stereocenters. The molecule has 0 radical (unpaired) electrons. The largest absolute Gasteiger partial charge is 0.419 e. The van der Waals surface area contributed by atoms with Crippen molar-refractivity contribution in [1.82, 2.24) is 10.2 Å². The fourth-order valence-corrected chi connectivity index (χ4v) is 2.45. The molecule has 1 fully saturated rings. The van der Waals surface area contributed by atoms with E-state index in [-0.39, 0.29) is 5.56 Å². The van der Waals surface area contributed by atoms with Gasteiger partial charge in [0.25, 0.3) is 0 Å². The lowest BCUT2D eigenvalue weighted by atomic mass is 9.98. The Morgan fingerprint density at radius 2 is 1.84 bits per heavy atom. The van der Waals surface area contributed by atoms with Crippen LogP contribution in [-0.2, 0) is 6.18 Å². The average molecular weight is 276 g/mol. The van der Waals surface area contributed by atoms with Gasteiger partial charge in [0.1, 0.15) is 5.82 Å². The number of benzene rings is 1. The van der Waals surface area contributed by atoms with Gasteiger partial charge in [0.05, 0.1) is 5.56 Å². The van der Waals surface area contributed by atoms with Crippen molar-refractivity contribution in [3.8, 4) is 0 Å². The number of rotatable bonds is 2. The third-order valence-corrected chi connectivity index (χ3v) is 3.48. The molecule has 19 heavy (non-hydrogen) atoms. The van der Waals surface area contributed by atoms with Crippen LogP contribution in [0.3, 0.4) is 0 Å². The summed E-state index contributed by atoms with van der Waals surface area (Å²) in [6.07, 6.45) is -4.66. The highest BCUT2D eigenvalue weighted by Gasteiger charge is 2.38. The fourth-order valence-electron chi connectivity index (χ4n) is 2.45. The summed E-state index contributed by atoms with van der Waals surface area (Å²) in [4.78, 5) is 1.93. The van der Waals surface area contributed by atoms with E-state index in [2.05, 4.69) is 5.32 Å². The molecule has 1 N–H and O–H groups in total. The minimum Gasteiger partial charge on any atom is -0.314 e. The van der Waals surface area contributed by atoms with Crippen molar-refractivity contribution < 1.29 is 17.6 Å². The first-order chi connectivity index (χ1) is 8.91. The van der Waals surface area contributed by atoms with E-state index in [1.807, 2.05) is 4.90 Å². The summed E-state index contributed by atoms with van der Waals surface area (Å²) in [6, 6.07) is 3.10. The van der Waals surface area contributed by atoms with E-state index in [1.54, 1.807) is 6.92 Å². The van der Waals surface area contributed by atoms with Crippen molar-refractivity contribution in [2.45, 2.75) is 19.1 Å². The molecule has 2 nitrogen and oxygen atoms in total. The summed E-state index contributed by atoms with van der Waals surface area (Å²) < 4.78 is 52.4. The van der Waals surface area contributed by atoms with Gasteiger partial charge in [-0.25, -0.2) is 4.39 Å². The van der Waals surface area contributed by atoms with Gasteiger partial charge in [-0.3, -0.25) is 4.90 Å². The van der Waals surface area contributed by atoms with Crippen LogP contribution in [0.1, 0.15) is 24.1 Å². The highest BCUT2D eigenvalue weighted by Crippen LogP contribution is 2.37. The lowest BCUT2D eigenvalue weighted by Crippen LogP contribution is -2.44. The molecule has 0 aromatic heterocycles. The van der Waals surface area contributed by atoms with Crippen LogP contribution in [0.2, 0.25) is 0 Å². The van der Waals surface area contributed by atoms with Crippen molar-refractivity contribution >= 4 is 0 Å². The van der Waals surface area contributed by atoms with Crippen LogP contribution in [0, 0.1) is 5.82 Å². The zero-order chi connectivity index (χ0) is 14.0. The summed E-state index contributed by atoms with van der Waals surface area (Å²) >= 11 is 0. The second-order valence-electron chi connectivity index (χ2n) is 4.66. The quantitative estimate of drug-likeness (QED) is 0.836. The van der Waals surface area contributed by atoms with Crippen LogP contribution in [-0.4, -0.2) is 31.1 Å². The Balaban J connectivity index is 2.35. The monoisotopic (exact) mass is 276 g/mol. The van der Waals surface area contributed by atoms with Gasteiger partial charge in [-0.2, -0.15) is 13.2 Å². The zero-order valence-corrected chi connectivity index (χ0v) is 10.6. The standard InChI is InChI=1S/C13H16F4N2/c1-9(19-7-5-18-6-8-19)10-3-2-4-11(14)12(10)13(15,16)17/h2-4,9,18H,5-8H2,1H3/t9-/m0/s1. The molecule has 6 heteroatoms. The second kappa shape index (κ2) is 5.46. The Morgan fingerprint density at radius 3 is 2.42 bits per heavy atom. The first-order valence-corrected chi connectivity index (χ1v) is 6.21. The van der Waals surface area contributed by atoms with Crippen molar-refractivity contribution in [3.05, 3.63) is 35.1 Å². The van der Waals surface area contributed by atoms with E-state index in [0.717, 1.165) is 19.2 Å². The Morgan fingerprint density at radius 1 is 1.21 bits per heavy atom. The van der Waals surface area contributed by atoms with Gasteiger partial charge in [0, 0.05) is 32.2 Å². The molecule has 106 valence electrons. The van der Waals surface area contributed by atoms with Gasteiger partial charge >= 0.3 is 6.18 Å². The molecule has 1 saturated heterocycles. The minimum atomic E-state index is -4.66. The summed E-state index contributed by atoms with van der Waals surface area (Å²) in [5.74, 6) is -1.20. The van der Waals surface area contributed by atoms with E-state index >= 15 is 0 Å². The average Bonchev–Trinajstić information content (AvgIpc) is 2.37. The molecule has 0 spiro atoms. The molecule has 0 amide bonds. The van der Waals surface area contributed by atoms with Crippen LogP contribution in [0.15, 0.2) is 18.2 Å². The molecule has 1 aromatic rings. The van der Waals surface area contributed by atoms with E-state index < -0.39 is 23.6 Å². The van der Waals surface area contributed by atoms with E-state index in [1.165, 1.54) is 12.1 Å². The Labute approximate surface area is 109 Å². The number of hydrogen-bond acceptors (Lipinski definition) is 2. The number of hydrogen-bond donors (Lipinski definition) is 1. The molecular formula is C13H16F4N2.